The number of nitrogen functional groups attached to an aromatic ring is 1. The SMILES string of the molecule is CNC(=O)CCOC(=O)c1c(N)cccc1OC. The first-order chi connectivity index (χ1) is 8.60. The second kappa shape index (κ2) is 6.48. The fourth-order valence-corrected chi connectivity index (χ4v) is 1.37. The zero-order chi connectivity index (χ0) is 13.5. The van der Waals surface area contributed by atoms with E-state index in [2.05, 4.69) is 5.32 Å². The zero-order valence-corrected chi connectivity index (χ0v) is 10.4. The molecule has 3 N–H and O–H groups in total. The van der Waals surface area contributed by atoms with Gasteiger partial charge in [-0.05, 0) is 12.1 Å². The number of esters is 1. The van der Waals surface area contributed by atoms with Gasteiger partial charge in [0.15, 0.2) is 0 Å². The van der Waals surface area contributed by atoms with Gasteiger partial charge in [-0.3, -0.25) is 4.79 Å². The average molecular weight is 252 g/mol. The summed E-state index contributed by atoms with van der Waals surface area (Å²) in [5, 5.41) is 2.43. The monoisotopic (exact) mass is 252 g/mol. The van der Waals surface area contributed by atoms with Gasteiger partial charge in [-0.2, -0.15) is 0 Å². The van der Waals surface area contributed by atoms with E-state index in [-0.39, 0.29) is 30.2 Å². The van der Waals surface area contributed by atoms with Crippen molar-refractivity contribution in [3.05, 3.63) is 23.8 Å². The minimum absolute atomic E-state index is 0.00397. The third-order valence-electron chi connectivity index (χ3n) is 2.32. The number of carbonyl (C=O) groups excluding carboxylic acids is 2. The van der Waals surface area contributed by atoms with E-state index in [1.807, 2.05) is 0 Å². The fourth-order valence-electron chi connectivity index (χ4n) is 1.37. The maximum absolute atomic E-state index is 11.8. The van der Waals surface area contributed by atoms with Crippen LogP contribution in [0, 0.1) is 0 Å². The Hall–Kier alpha value is -2.24. The van der Waals surface area contributed by atoms with Crippen LogP contribution in [0.5, 0.6) is 5.75 Å². The fraction of sp³-hybridized carbons (Fsp3) is 0.333. The number of hydrogen-bond acceptors (Lipinski definition) is 5. The topological polar surface area (TPSA) is 90.7 Å². The summed E-state index contributed by atoms with van der Waals surface area (Å²) in [5.41, 5.74) is 6.15. The highest BCUT2D eigenvalue weighted by atomic mass is 16.5. The van der Waals surface area contributed by atoms with Crippen LogP contribution in [0.25, 0.3) is 0 Å². The van der Waals surface area contributed by atoms with E-state index in [0.717, 1.165) is 0 Å². The predicted octanol–water partition coefficient (Wildman–Crippen LogP) is 0.570. The molecule has 0 aliphatic rings. The van der Waals surface area contributed by atoms with Gasteiger partial charge in [-0.1, -0.05) is 6.07 Å². The van der Waals surface area contributed by atoms with Crippen LogP contribution in [-0.4, -0.2) is 32.6 Å². The van der Waals surface area contributed by atoms with Crippen molar-refractivity contribution >= 4 is 17.6 Å². The molecule has 0 aliphatic carbocycles. The highest BCUT2D eigenvalue weighted by Crippen LogP contribution is 2.24. The van der Waals surface area contributed by atoms with Gasteiger partial charge in [0, 0.05) is 12.7 Å². The number of hydrogen-bond donors (Lipinski definition) is 2. The molecule has 0 saturated carbocycles. The van der Waals surface area contributed by atoms with Gasteiger partial charge in [0.1, 0.15) is 17.9 Å². The molecular weight excluding hydrogens is 236 g/mol. The van der Waals surface area contributed by atoms with Crippen molar-refractivity contribution in [1.29, 1.82) is 0 Å². The number of rotatable bonds is 5. The Balaban J connectivity index is 2.69. The smallest absolute Gasteiger partial charge is 0.344 e. The van der Waals surface area contributed by atoms with E-state index >= 15 is 0 Å². The van der Waals surface area contributed by atoms with Gasteiger partial charge in [0.2, 0.25) is 5.91 Å². The minimum atomic E-state index is -0.603. The Morgan fingerprint density at radius 1 is 1.39 bits per heavy atom. The van der Waals surface area contributed by atoms with Crippen molar-refractivity contribution in [2.75, 3.05) is 26.5 Å². The molecule has 6 heteroatoms. The van der Waals surface area contributed by atoms with E-state index in [1.54, 1.807) is 18.2 Å². The van der Waals surface area contributed by atoms with Crippen molar-refractivity contribution in [2.24, 2.45) is 0 Å². The Morgan fingerprint density at radius 2 is 2.11 bits per heavy atom. The van der Waals surface area contributed by atoms with E-state index < -0.39 is 5.97 Å². The lowest BCUT2D eigenvalue weighted by atomic mass is 10.1. The lowest BCUT2D eigenvalue weighted by molar-refractivity contribution is -0.121. The maximum atomic E-state index is 11.8. The second-order valence-electron chi connectivity index (χ2n) is 3.48. The molecule has 0 fully saturated rings. The maximum Gasteiger partial charge on any atom is 0.344 e. The van der Waals surface area contributed by atoms with Gasteiger partial charge in [-0.25, -0.2) is 4.79 Å². The molecule has 0 aliphatic heterocycles. The van der Waals surface area contributed by atoms with E-state index in [1.165, 1.54) is 14.2 Å². The van der Waals surface area contributed by atoms with Crippen LogP contribution in [0.15, 0.2) is 18.2 Å². The molecular formula is C12H16N2O4. The lowest BCUT2D eigenvalue weighted by Crippen LogP contribution is -2.20. The van der Waals surface area contributed by atoms with Crippen LogP contribution in [0.1, 0.15) is 16.8 Å². The first kappa shape index (κ1) is 13.8. The molecule has 1 rings (SSSR count). The van der Waals surface area contributed by atoms with Gasteiger partial charge in [-0.15, -0.1) is 0 Å². The van der Waals surface area contributed by atoms with Crippen LogP contribution < -0.4 is 15.8 Å². The average Bonchev–Trinajstić information content (AvgIpc) is 2.37. The normalized spacial score (nSPS) is 9.67. The summed E-state index contributed by atoms with van der Waals surface area (Å²) < 4.78 is 10.00. The van der Waals surface area contributed by atoms with E-state index in [4.69, 9.17) is 15.2 Å². The van der Waals surface area contributed by atoms with Crippen molar-refractivity contribution in [3.63, 3.8) is 0 Å². The highest BCUT2D eigenvalue weighted by Gasteiger charge is 2.17. The molecule has 0 saturated heterocycles. The number of ether oxygens (including phenoxy) is 2. The summed E-state index contributed by atoms with van der Waals surface area (Å²) in [6.07, 6.45) is 0.108. The van der Waals surface area contributed by atoms with Crippen LogP contribution in [0.4, 0.5) is 5.69 Å². The number of amides is 1. The Bertz CT molecular complexity index is 446. The second-order valence-corrected chi connectivity index (χ2v) is 3.48. The zero-order valence-electron chi connectivity index (χ0n) is 10.4. The summed E-state index contributed by atoms with van der Waals surface area (Å²) in [7, 11) is 2.96. The first-order valence-corrected chi connectivity index (χ1v) is 5.40. The van der Waals surface area contributed by atoms with E-state index in [9.17, 15) is 9.59 Å². The van der Waals surface area contributed by atoms with Crippen LogP contribution >= 0.6 is 0 Å². The summed E-state index contributed by atoms with van der Waals surface area (Å²) in [5.74, 6) is -0.454. The molecule has 6 nitrogen and oxygen atoms in total. The molecule has 18 heavy (non-hydrogen) atoms. The number of benzene rings is 1. The van der Waals surface area contributed by atoms with Gasteiger partial charge < -0.3 is 20.5 Å². The van der Waals surface area contributed by atoms with Gasteiger partial charge in [0.05, 0.1) is 13.5 Å². The highest BCUT2D eigenvalue weighted by molar-refractivity contribution is 5.98. The third kappa shape index (κ3) is 3.38. The van der Waals surface area contributed by atoms with Crippen LogP contribution in [0.2, 0.25) is 0 Å². The number of carbonyl (C=O) groups is 2. The van der Waals surface area contributed by atoms with Crippen molar-refractivity contribution in [1.82, 2.24) is 5.32 Å². The summed E-state index contributed by atoms with van der Waals surface area (Å²) in [6.45, 7) is -0.00397. The summed E-state index contributed by atoms with van der Waals surface area (Å²) in [4.78, 5) is 22.8. The summed E-state index contributed by atoms with van der Waals surface area (Å²) in [6, 6.07) is 4.87. The predicted molar refractivity (Wildman–Crippen MR) is 66.4 cm³/mol. The molecule has 0 radical (unpaired) electrons. The third-order valence-corrected chi connectivity index (χ3v) is 2.32. The number of methoxy groups -OCH3 is 1. The quantitative estimate of drug-likeness (QED) is 0.590. The molecule has 1 aromatic carbocycles. The van der Waals surface area contributed by atoms with E-state index in [0.29, 0.717) is 5.75 Å². The first-order valence-electron chi connectivity index (χ1n) is 5.40. The number of anilines is 1. The molecule has 0 spiro atoms. The Morgan fingerprint density at radius 3 is 2.72 bits per heavy atom. The van der Waals surface area contributed by atoms with Crippen molar-refractivity contribution in [2.45, 2.75) is 6.42 Å². The van der Waals surface area contributed by atoms with Crippen molar-refractivity contribution in [3.8, 4) is 5.75 Å². The molecule has 1 aromatic rings. The molecule has 0 atom stereocenters. The molecule has 0 aromatic heterocycles. The molecule has 0 heterocycles. The van der Waals surface area contributed by atoms with Crippen LogP contribution in [0.3, 0.4) is 0 Å². The van der Waals surface area contributed by atoms with Gasteiger partial charge in [0.25, 0.3) is 0 Å². The molecule has 0 bridgehead atoms. The largest absolute Gasteiger partial charge is 0.496 e. The summed E-state index contributed by atoms with van der Waals surface area (Å²) >= 11 is 0. The molecule has 0 unspecified atom stereocenters. The van der Waals surface area contributed by atoms with Gasteiger partial charge >= 0.3 is 5.97 Å². The Labute approximate surface area is 105 Å². The molecule has 98 valence electrons. The van der Waals surface area contributed by atoms with Crippen LogP contribution in [-0.2, 0) is 9.53 Å². The standard InChI is InChI=1S/C12H16N2O4/c1-14-10(15)6-7-18-12(16)11-8(13)4-3-5-9(11)17-2/h3-5H,6-7,13H2,1-2H3,(H,14,15). The molecule has 1 amide bonds. The number of nitrogens with two attached hydrogens (primary N) is 1. The van der Waals surface area contributed by atoms with Crippen molar-refractivity contribution < 1.29 is 19.1 Å². The minimum Gasteiger partial charge on any atom is -0.496 e. The lowest BCUT2D eigenvalue weighted by Gasteiger charge is -2.10. The Kier molecular flexibility index (Phi) is 4.98. The number of nitrogens with one attached hydrogen (secondary N) is 1.